The van der Waals surface area contributed by atoms with Crippen molar-refractivity contribution in [2.75, 3.05) is 18.4 Å². The molecule has 1 amide bonds. The van der Waals surface area contributed by atoms with E-state index in [0.717, 1.165) is 31.5 Å². The van der Waals surface area contributed by atoms with Crippen molar-refractivity contribution in [2.45, 2.75) is 19.8 Å². The van der Waals surface area contributed by atoms with Gasteiger partial charge in [0, 0.05) is 30.4 Å². The average molecular weight is 390 g/mol. The van der Waals surface area contributed by atoms with Crippen LogP contribution in [-0.4, -0.2) is 33.9 Å². The van der Waals surface area contributed by atoms with E-state index in [1.807, 2.05) is 35.2 Å². The minimum Gasteiger partial charge on any atom is -0.340 e. The van der Waals surface area contributed by atoms with Crippen LogP contribution in [0.3, 0.4) is 0 Å². The highest BCUT2D eigenvalue weighted by molar-refractivity contribution is 5.93. The molecule has 0 spiro atoms. The summed E-state index contributed by atoms with van der Waals surface area (Å²) in [6.07, 6.45) is 1.99. The van der Waals surface area contributed by atoms with E-state index in [4.69, 9.17) is 0 Å². The molecule has 6 heteroatoms. The molecule has 1 saturated heterocycles. The molecule has 0 atom stereocenters. The predicted molar refractivity (Wildman–Crippen MR) is 111 cm³/mol. The van der Waals surface area contributed by atoms with Crippen molar-refractivity contribution < 1.29 is 9.18 Å². The Morgan fingerprint density at radius 1 is 1.03 bits per heavy atom. The molecule has 4 rings (SSSR count). The first-order valence-electron chi connectivity index (χ1n) is 9.85. The van der Waals surface area contributed by atoms with Gasteiger partial charge in [-0.15, -0.1) is 0 Å². The van der Waals surface area contributed by atoms with Crippen LogP contribution < -0.4 is 5.32 Å². The minimum atomic E-state index is -0.342. The molecule has 1 aliphatic heterocycles. The van der Waals surface area contributed by atoms with Crippen LogP contribution in [0.1, 0.15) is 30.3 Å². The van der Waals surface area contributed by atoms with Crippen molar-refractivity contribution >= 4 is 17.4 Å². The number of aromatic nitrogens is 2. The topological polar surface area (TPSA) is 58.1 Å². The third-order valence-electron chi connectivity index (χ3n) is 5.15. The molecule has 0 bridgehead atoms. The molecule has 2 aromatic carbocycles. The van der Waals surface area contributed by atoms with Crippen LogP contribution in [0.5, 0.6) is 0 Å². The summed E-state index contributed by atoms with van der Waals surface area (Å²) in [5.74, 6) is 1.11. The first-order valence-corrected chi connectivity index (χ1v) is 9.85. The third kappa shape index (κ3) is 4.59. The van der Waals surface area contributed by atoms with Gasteiger partial charge < -0.3 is 10.2 Å². The Kier molecular flexibility index (Phi) is 5.51. The Hall–Kier alpha value is -3.28. The molecule has 1 aromatic heterocycles. The number of carbonyl (C=O) groups excluding carboxylic acids is 1. The number of halogens is 1. The standard InChI is InChI=1S/C23H23FN4O/c1-16-10-12-28(13-11-16)23(29)20-15-21(25-19-9-5-8-18(24)14-19)27-22(26-20)17-6-3-2-4-7-17/h2-9,14-16H,10-13H2,1H3,(H,25,26,27). The molecular formula is C23H23FN4O. The Balaban J connectivity index is 1.69. The number of piperidine rings is 1. The van der Waals surface area contributed by atoms with Crippen LogP contribution in [0.2, 0.25) is 0 Å². The predicted octanol–water partition coefficient (Wildman–Crippen LogP) is 4.90. The normalized spacial score (nSPS) is 14.6. The maximum Gasteiger partial charge on any atom is 0.272 e. The zero-order valence-electron chi connectivity index (χ0n) is 16.3. The second-order valence-electron chi connectivity index (χ2n) is 7.44. The molecule has 148 valence electrons. The lowest BCUT2D eigenvalue weighted by molar-refractivity contribution is 0.0691. The van der Waals surface area contributed by atoms with Gasteiger partial charge in [-0.1, -0.05) is 43.3 Å². The minimum absolute atomic E-state index is 0.0984. The molecule has 3 aromatic rings. The number of rotatable bonds is 4. The molecular weight excluding hydrogens is 367 g/mol. The van der Waals surface area contributed by atoms with E-state index in [2.05, 4.69) is 22.2 Å². The fraction of sp³-hybridized carbons (Fsp3) is 0.261. The highest BCUT2D eigenvalue weighted by Gasteiger charge is 2.23. The van der Waals surface area contributed by atoms with E-state index >= 15 is 0 Å². The summed E-state index contributed by atoms with van der Waals surface area (Å²) < 4.78 is 13.6. The first kappa shape index (κ1) is 19.1. The SMILES string of the molecule is CC1CCN(C(=O)c2cc(Nc3cccc(F)c3)nc(-c3ccccc3)n2)CC1. The monoisotopic (exact) mass is 390 g/mol. The number of likely N-dealkylation sites (tertiary alicyclic amines) is 1. The lowest BCUT2D eigenvalue weighted by Gasteiger charge is -2.30. The van der Waals surface area contributed by atoms with Crippen molar-refractivity contribution in [2.24, 2.45) is 5.92 Å². The fourth-order valence-electron chi connectivity index (χ4n) is 3.42. The molecule has 29 heavy (non-hydrogen) atoms. The third-order valence-corrected chi connectivity index (χ3v) is 5.15. The summed E-state index contributed by atoms with van der Waals surface area (Å²) in [6, 6.07) is 17.3. The van der Waals surface area contributed by atoms with Crippen molar-refractivity contribution in [1.29, 1.82) is 0 Å². The zero-order valence-corrected chi connectivity index (χ0v) is 16.3. The largest absolute Gasteiger partial charge is 0.340 e. The van der Waals surface area contributed by atoms with E-state index in [-0.39, 0.29) is 11.7 Å². The van der Waals surface area contributed by atoms with Gasteiger partial charge in [0.2, 0.25) is 0 Å². The van der Waals surface area contributed by atoms with Crippen molar-refractivity contribution in [1.82, 2.24) is 14.9 Å². The van der Waals surface area contributed by atoms with Crippen LogP contribution in [0.25, 0.3) is 11.4 Å². The molecule has 0 aliphatic carbocycles. The van der Waals surface area contributed by atoms with Gasteiger partial charge in [0.05, 0.1) is 0 Å². The van der Waals surface area contributed by atoms with Crippen molar-refractivity contribution in [3.8, 4) is 11.4 Å². The lowest BCUT2D eigenvalue weighted by atomic mass is 9.99. The number of hydrogen-bond acceptors (Lipinski definition) is 4. The molecule has 0 radical (unpaired) electrons. The maximum atomic E-state index is 13.6. The second-order valence-corrected chi connectivity index (χ2v) is 7.44. The molecule has 1 N–H and O–H groups in total. The molecule has 0 saturated carbocycles. The van der Waals surface area contributed by atoms with Crippen LogP contribution in [0.15, 0.2) is 60.7 Å². The molecule has 2 heterocycles. The van der Waals surface area contributed by atoms with Crippen LogP contribution in [-0.2, 0) is 0 Å². The summed E-state index contributed by atoms with van der Waals surface area (Å²) >= 11 is 0. The smallest absolute Gasteiger partial charge is 0.272 e. The summed E-state index contributed by atoms with van der Waals surface area (Å²) in [5.41, 5.74) is 1.72. The van der Waals surface area contributed by atoms with Crippen LogP contribution >= 0.6 is 0 Å². The van der Waals surface area contributed by atoms with E-state index in [1.165, 1.54) is 12.1 Å². The highest BCUT2D eigenvalue weighted by Crippen LogP contribution is 2.23. The number of benzene rings is 2. The van der Waals surface area contributed by atoms with Crippen molar-refractivity contribution in [3.63, 3.8) is 0 Å². The lowest BCUT2D eigenvalue weighted by Crippen LogP contribution is -2.38. The number of amides is 1. The summed E-state index contributed by atoms with van der Waals surface area (Å²) in [7, 11) is 0. The second kappa shape index (κ2) is 8.39. The number of nitrogens with zero attached hydrogens (tertiary/aromatic N) is 3. The molecule has 1 fully saturated rings. The zero-order chi connectivity index (χ0) is 20.2. The summed E-state index contributed by atoms with van der Waals surface area (Å²) in [5, 5.41) is 3.10. The van der Waals surface area contributed by atoms with Gasteiger partial charge in [0.25, 0.3) is 5.91 Å². The molecule has 1 aliphatic rings. The number of nitrogens with one attached hydrogen (secondary N) is 1. The van der Waals surface area contributed by atoms with E-state index in [0.29, 0.717) is 28.9 Å². The van der Waals surface area contributed by atoms with E-state index in [1.54, 1.807) is 18.2 Å². The van der Waals surface area contributed by atoms with Gasteiger partial charge in [-0.3, -0.25) is 4.79 Å². The molecule has 0 unspecified atom stereocenters. The number of anilines is 2. The Labute approximate surface area is 169 Å². The van der Waals surface area contributed by atoms with Gasteiger partial charge in [-0.05, 0) is 37.0 Å². The quantitative estimate of drug-likeness (QED) is 0.688. The maximum absolute atomic E-state index is 13.6. The van der Waals surface area contributed by atoms with Crippen LogP contribution in [0.4, 0.5) is 15.9 Å². The van der Waals surface area contributed by atoms with E-state index < -0.39 is 0 Å². The van der Waals surface area contributed by atoms with Gasteiger partial charge in [0.1, 0.15) is 17.3 Å². The fourth-order valence-corrected chi connectivity index (χ4v) is 3.42. The van der Waals surface area contributed by atoms with Gasteiger partial charge in [-0.25, -0.2) is 14.4 Å². The Morgan fingerprint density at radius 2 is 1.79 bits per heavy atom. The highest BCUT2D eigenvalue weighted by atomic mass is 19.1. The number of carbonyl (C=O) groups is 1. The van der Waals surface area contributed by atoms with Crippen LogP contribution in [0, 0.1) is 11.7 Å². The average Bonchev–Trinajstić information content (AvgIpc) is 2.74. The van der Waals surface area contributed by atoms with Crippen molar-refractivity contribution in [3.05, 3.63) is 72.2 Å². The van der Waals surface area contributed by atoms with Gasteiger partial charge >= 0.3 is 0 Å². The summed E-state index contributed by atoms with van der Waals surface area (Å²) in [6.45, 7) is 3.68. The van der Waals surface area contributed by atoms with Gasteiger partial charge in [0.15, 0.2) is 5.82 Å². The Morgan fingerprint density at radius 3 is 2.52 bits per heavy atom. The van der Waals surface area contributed by atoms with Gasteiger partial charge in [-0.2, -0.15) is 0 Å². The number of hydrogen-bond donors (Lipinski definition) is 1. The first-order chi connectivity index (χ1) is 14.1. The van der Waals surface area contributed by atoms with E-state index in [9.17, 15) is 9.18 Å². The summed E-state index contributed by atoms with van der Waals surface area (Å²) in [4.78, 5) is 24.0. The molecule has 5 nitrogen and oxygen atoms in total. The Bertz CT molecular complexity index is 1000.